The van der Waals surface area contributed by atoms with Gasteiger partial charge in [0.25, 0.3) is 5.91 Å². The summed E-state index contributed by atoms with van der Waals surface area (Å²) in [7, 11) is 0. The number of aromatic nitrogens is 1. The Balaban J connectivity index is 1.34. The molecule has 0 aliphatic rings. The molecule has 0 bridgehead atoms. The van der Waals surface area contributed by atoms with E-state index >= 15 is 0 Å². The standard InChI is InChI=1S/C21H17N3O2/c25-21(14-26-18-10-9-15-5-1-2-6-16(15)11-18)24-23-13-17-12-22-20-8-4-3-7-19(17)20/h1-13,22H,14H2,(H,24,25)/b23-13+. The van der Waals surface area contributed by atoms with Gasteiger partial charge in [-0.3, -0.25) is 4.79 Å². The molecular weight excluding hydrogens is 326 g/mol. The fourth-order valence-corrected chi connectivity index (χ4v) is 2.81. The second-order valence-electron chi connectivity index (χ2n) is 5.88. The van der Waals surface area contributed by atoms with Crippen LogP contribution in [0.15, 0.2) is 78.0 Å². The minimum Gasteiger partial charge on any atom is -0.484 e. The summed E-state index contributed by atoms with van der Waals surface area (Å²) >= 11 is 0. The number of nitrogens with one attached hydrogen (secondary N) is 2. The van der Waals surface area contributed by atoms with Gasteiger partial charge in [0, 0.05) is 22.7 Å². The molecule has 0 saturated heterocycles. The van der Waals surface area contributed by atoms with Crippen LogP contribution in [0.3, 0.4) is 0 Å². The van der Waals surface area contributed by atoms with Crippen LogP contribution in [0, 0.1) is 0 Å². The molecule has 26 heavy (non-hydrogen) atoms. The lowest BCUT2D eigenvalue weighted by Crippen LogP contribution is -2.24. The van der Waals surface area contributed by atoms with Crippen molar-refractivity contribution in [3.63, 3.8) is 0 Å². The predicted molar refractivity (Wildman–Crippen MR) is 103 cm³/mol. The topological polar surface area (TPSA) is 66.5 Å². The number of hydrogen-bond donors (Lipinski definition) is 2. The normalized spacial score (nSPS) is 11.2. The molecule has 4 rings (SSSR count). The lowest BCUT2D eigenvalue weighted by Gasteiger charge is -2.06. The van der Waals surface area contributed by atoms with Crippen molar-refractivity contribution in [2.24, 2.45) is 5.10 Å². The van der Waals surface area contributed by atoms with Gasteiger partial charge in [-0.05, 0) is 29.0 Å². The Kier molecular flexibility index (Phi) is 4.35. The van der Waals surface area contributed by atoms with Crippen LogP contribution in [0.5, 0.6) is 5.75 Å². The van der Waals surface area contributed by atoms with E-state index < -0.39 is 0 Å². The van der Waals surface area contributed by atoms with E-state index in [1.807, 2.05) is 72.9 Å². The zero-order chi connectivity index (χ0) is 17.8. The van der Waals surface area contributed by atoms with Crippen molar-refractivity contribution in [3.05, 3.63) is 78.5 Å². The van der Waals surface area contributed by atoms with Gasteiger partial charge in [0.2, 0.25) is 0 Å². The fraction of sp³-hybridized carbons (Fsp3) is 0.0476. The molecule has 4 aromatic rings. The molecule has 0 fully saturated rings. The third-order valence-corrected chi connectivity index (χ3v) is 4.10. The van der Waals surface area contributed by atoms with Gasteiger partial charge in [0.05, 0.1) is 6.21 Å². The summed E-state index contributed by atoms with van der Waals surface area (Å²) in [6, 6.07) is 21.6. The molecule has 3 aromatic carbocycles. The minimum atomic E-state index is -0.311. The molecule has 0 atom stereocenters. The van der Waals surface area contributed by atoms with Crippen LogP contribution in [0.2, 0.25) is 0 Å². The number of aromatic amines is 1. The van der Waals surface area contributed by atoms with Crippen LogP contribution in [-0.2, 0) is 4.79 Å². The van der Waals surface area contributed by atoms with E-state index in [9.17, 15) is 4.79 Å². The molecular formula is C21H17N3O2. The molecule has 1 amide bonds. The van der Waals surface area contributed by atoms with Gasteiger partial charge in [-0.2, -0.15) is 5.10 Å². The Bertz CT molecular complexity index is 1100. The first kappa shape index (κ1) is 15.9. The van der Waals surface area contributed by atoms with E-state index in [1.165, 1.54) is 0 Å². The number of carbonyl (C=O) groups is 1. The molecule has 5 heteroatoms. The van der Waals surface area contributed by atoms with Gasteiger partial charge >= 0.3 is 0 Å². The maximum Gasteiger partial charge on any atom is 0.277 e. The van der Waals surface area contributed by atoms with Crippen LogP contribution in [0.4, 0.5) is 0 Å². The third-order valence-electron chi connectivity index (χ3n) is 4.10. The van der Waals surface area contributed by atoms with Crippen molar-refractivity contribution >= 4 is 33.8 Å². The lowest BCUT2D eigenvalue weighted by atomic mass is 10.1. The second kappa shape index (κ2) is 7.11. The van der Waals surface area contributed by atoms with Crippen molar-refractivity contribution in [3.8, 4) is 5.75 Å². The number of ether oxygens (including phenoxy) is 1. The maximum absolute atomic E-state index is 11.9. The number of hydrogen-bond acceptors (Lipinski definition) is 3. The van der Waals surface area contributed by atoms with Crippen LogP contribution in [0.25, 0.3) is 21.7 Å². The zero-order valence-electron chi connectivity index (χ0n) is 14.0. The molecule has 2 N–H and O–H groups in total. The highest BCUT2D eigenvalue weighted by atomic mass is 16.5. The van der Waals surface area contributed by atoms with Crippen molar-refractivity contribution in [1.29, 1.82) is 0 Å². The van der Waals surface area contributed by atoms with Gasteiger partial charge in [-0.15, -0.1) is 0 Å². The molecule has 128 valence electrons. The number of amides is 1. The summed E-state index contributed by atoms with van der Waals surface area (Å²) in [5.74, 6) is 0.341. The summed E-state index contributed by atoms with van der Waals surface area (Å²) in [5.41, 5.74) is 4.43. The Hall–Kier alpha value is -3.60. The minimum absolute atomic E-state index is 0.0937. The molecule has 0 spiro atoms. The Morgan fingerprint density at radius 3 is 2.77 bits per heavy atom. The van der Waals surface area contributed by atoms with E-state index in [-0.39, 0.29) is 12.5 Å². The van der Waals surface area contributed by atoms with E-state index in [4.69, 9.17) is 4.74 Å². The van der Waals surface area contributed by atoms with E-state index in [2.05, 4.69) is 15.5 Å². The first-order chi connectivity index (χ1) is 12.8. The van der Waals surface area contributed by atoms with E-state index in [1.54, 1.807) is 6.21 Å². The van der Waals surface area contributed by atoms with Gasteiger partial charge in [-0.1, -0.05) is 48.5 Å². The van der Waals surface area contributed by atoms with Gasteiger partial charge in [0.15, 0.2) is 6.61 Å². The van der Waals surface area contributed by atoms with Crippen LogP contribution in [-0.4, -0.2) is 23.7 Å². The highest BCUT2D eigenvalue weighted by Crippen LogP contribution is 2.20. The van der Waals surface area contributed by atoms with E-state index in [0.29, 0.717) is 5.75 Å². The lowest BCUT2D eigenvalue weighted by molar-refractivity contribution is -0.123. The van der Waals surface area contributed by atoms with Crippen molar-refractivity contribution < 1.29 is 9.53 Å². The third kappa shape index (κ3) is 3.42. The summed E-state index contributed by atoms with van der Waals surface area (Å²) < 4.78 is 5.54. The van der Waals surface area contributed by atoms with E-state index in [0.717, 1.165) is 27.2 Å². The number of carbonyl (C=O) groups excluding carboxylic acids is 1. The molecule has 0 aliphatic carbocycles. The number of benzene rings is 3. The largest absolute Gasteiger partial charge is 0.484 e. The number of rotatable bonds is 5. The summed E-state index contributed by atoms with van der Waals surface area (Å²) in [4.78, 5) is 15.1. The van der Waals surface area contributed by atoms with Gasteiger partial charge in [-0.25, -0.2) is 5.43 Å². The van der Waals surface area contributed by atoms with Gasteiger partial charge in [0.1, 0.15) is 5.75 Å². The summed E-state index contributed by atoms with van der Waals surface area (Å²) in [6.07, 6.45) is 3.47. The number of nitrogens with zero attached hydrogens (tertiary/aromatic N) is 1. The highest BCUT2D eigenvalue weighted by Gasteiger charge is 2.03. The fourth-order valence-electron chi connectivity index (χ4n) is 2.81. The monoisotopic (exact) mass is 343 g/mol. The molecule has 1 aromatic heterocycles. The van der Waals surface area contributed by atoms with Crippen molar-refractivity contribution in [1.82, 2.24) is 10.4 Å². The highest BCUT2D eigenvalue weighted by molar-refractivity contribution is 5.99. The number of para-hydroxylation sites is 1. The van der Waals surface area contributed by atoms with Crippen LogP contribution in [0.1, 0.15) is 5.56 Å². The number of fused-ring (bicyclic) bond motifs is 2. The Morgan fingerprint density at radius 1 is 1.04 bits per heavy atom. The smallest absolute Gasteiger partial charge is 0.277 e. The van der Waals surface area contributed by atoms with Crippen LogP contribution < -0.4 is 10.2 Å². The quantitative estimate of drug-likeness (QED) is 0.427. The maximum atomic E-state index is 11.9. The summed E-state index contributed by atoms with van der Waals surface area (Å²) in [5, 5.41) is 7.26. The average Bonchev–Trinajstić information content (AvgIpc) is 3.09. The molecule has 0 unspecified atom stereocenters. The zero-order valence-corrected chi connectivity index (χ0v) is 14.0. The predicted octanol–water partition coefficient (Wildman–Crippen LogP) is 3.85. The van der Waals surface area contributed by atoms with Crippen LogP contribution >= 0.6 is 0 Å². The number of H-pyrrole nitrogens is 1. The molecule has 0 radical (unpaired) electrons. The van der Waals surface area contributed by atoms with Crippen molar-refractivity contribution in [2.45, 2.75) is 0 Å². The molecule has 1 heterocycles. The second-order valence-corrected chi connectivity index (χ2v) is 5.88. The molecule has 5 nitrogen and oxygen atoms in total. The molecule has 0 aliphatic heterocycles. The SMILES string of the molecule is O=C(COc1ccc2ccccc2c1)N/N=C/c1c[nH]c2ccccc12. The first-order valence-corrected chi connectivity index (χ1v) is 8.29. The van der Waals surface area contributed by atoms with Crippen molar-refractivity contribution in [2.75, 3.05) is 6.61 Å². The Labute approximate surface area is 150 Å². The first-order valence-electron chi connectivity index (χ1n) is 8.29. The number of hydrazone groups is 1. The van der Waals surface area contributed by atoms with Gasteiger partial charge < -0.3 is 9.72 Å². The molecule has 0 saturated carbocycles. The Morgan fingerprint density at radius 2 is 1.85 bits per heavy atom. The average molecular weight is 343 g/mol. The summed E-state index contributed by atoms with van der Waals surface area (Å²) in [6.45, 7) is -0.0937.